The molecule has 0 aromatic rings. The molecule has 0 unspecified atom stereocenters. The van der Waals surface area contributed by atoms with Crippen LogP contribution in [0.15, 0.2) is 0 Å². The van der Waals surface area contributed by atoms with Crippen molar-refractivity contribution in [2.45, 2.75) is 40.5 Å². The van der Waals surface area contributed by atoms with Gasteiger partial charge >= 0.3 is 0 Å². The van der Waals surface area contributed by atoms with Crippen LogP contribution in [0.25, 0.3) is 0 Å². The summed E-state index contributed by atoms with van der Waals surface area (Å²) in [5.74, 6) is 0.827. The Bertz CT molecular complexity index is 109. The molecule has 1 heterocycles. The average Bonchev–Trinajstić information content (AvgIpc) is 2.30. The monoisotopic (exact) mass is 201 g/mol. The minimum atomic E-state index is 0.827. The van der Waals surface area contributed by atoms with Gasteiger partial charge in [0.2, 0.25) is 0 Å². The summed E-state index contributed by atoms with van der Waals surface area (Å²) in [7, 11) is 0. The zero-order chi connectivity index (χ0) is 10.8. The Labute approximate surface area is 89.6 Å². The molecule has 1 saturated heterocycles. The van der Waals surface area contributed by atoms with Gasteiger partial charge in [0.1, 0.15) is 0 Å². The number of hydrogen-bond acceptors (Lipinski definition) is 2. The van der Waals surface area contributed by atoms with E-state index in [4.69, 9.17) is 4.74 Å². The molecule has 0 amide bonds. The second-order valence-corrected chi connectivity index (χ2v) is 3.54. The molecule has 1 rings (SSSR count). The molecule has 0 saturated carbocycles. The topological polar surface area (TPSA) is 12.5 Å². The maximum Gasteiger partial charge on any atom is 0.0495 e. The van der Waals surface area contributed by atoms with Crippen LogP contribution in [0.5, 0.6) is 0 Å². The highest BCUT2D eigenvalue weighted by Crippen LogP contribution is 2.16. The van der Waals surface area contributed by atoms with Gasteiger partial charge in [-0.05, 0) is 45.3 Å². The number of nitrogens with zero attached hydrogens (tertiary/aromatic N) is 1. The number of ether oxygens (including phenoxy) is 1. The van der Waals surface area contributed by atoms with Crippen molar-refractivity contribution >= 4 is 0 Å². The third kappa shape index (κ3) is 5.61. The smallest absolute Gasteiger partial charge is 0.0495 e. The average molecular weight is 201 g/mol. The highest BCUT2D eigenvalue weighted by molar-refractivity contribution is 4.70. The lowest BCUT2D eigenvalue weighted by molar-refractivity contribution is 0.0756. The minimum absolute atomic E-state index is 0.827. The zero-order valence-electron chi connectivity index (χ0n) is 10.4. The van der Waals surface area contributed by atoms with E-state index in [1.807, 2.05) is 13.8 Å². The summed E-state index contributed by atoms with van der Waals surface area (Å²) >= 11 is 0. The second kappa shape index (κ2) is 9.47. The van der Waals surface area contributed by atoms with Crippen LogP contribution >= 0.6 is 0 Å². The molecule has 1 aliphatic rings. The van der Waals surface area contributed by atoms with Gasteiger partial charge < -0.3 is 9.64 Å². The van der Waals surface area contributed by atoms with Gasteiger partial charge in [-0.25, -0.2) is 0 Å². The normalized spacial score (nSPS) is 18.9. The van der Waals surface area contributed by atoms with Gasteiger partial charge in [0.25, 0.3) is 0 Å². The first-order chi connectivity index (χ1) is 6.86. The Morgan fingerprint density at radius 2 is 1.71 bits per heavy atom. The van der Waals surface area contributed by atoms with E-state index in [2.05, 4.69) is 18.7 Å². The summed E-state index contributed by atoms with van der Waals surface area (Å²) in [4.78, 5) is 2.52. The predicted octanol–water partition coefficient (Wildman–Crippen LogP) is 2.78. The van der Waals surface area contributed by atoms with Crippen molar-refractivity contribution in [1.29, 1.82) is 0 Å². The van der Waals surface area contributed by atoms with Gasteiger partial charge in [-0.2, -0.15) is 0 Å². The fourth-order valence-electron chi connectivity index (χ4n) is 1.75. The third-order valence-corrected chi connectivity index (χ3v) is 2.71. The fourth-order valence-corrected chi connectivity index (χ4v) is 1.75. The first kappa shape index (κ1) is 13.9. The summed E-state index contributed by atoms with van der Waals surface area (Å²) < 4.78 is 5.42. The van der Waals surface area contributed by atoms with Crippen LogP contribution in [0.1, 0.15) is 40.5 Å². The standard InChI is InChI=1S/C10H21NO.C2H6/c1-3-11-7-5-10(6-8-11)9-12-4-2;1-2/h10H,3-9H2,1-2H3;1-2H3. The van der Waals surface area contributed by atoms with Crippen LogP contribution in [-0.4, -0.2) is 37.7 Å². The molecule has 2 heteroatoms. The molecule has 1 aliphatic heterocycles. The molecule has 86 valence electrons. The van der Waals surface area contributed by atoms with Crippen molar-refractivity contribution in [1.82, 2.24) is 4.90 Å². The summed E-state index contributed by atoms with van der Waals surface area (Å²) in [5.41, 5.74) is 0. The summed E-state index contributed by atoms with van der Waals surface area (Å²) in [6, 6.07) is 0. The fraction of sp³-hybridized carbons (Fsp3) is 1.00. The predicted molar refractivity (Wildman–Crippen MR) is 62.7 cm³/mol. The quantitative estimate of drug-likeness (QED) is 0.693. The van der Waals surface area contributed by atoms with E-state index in [1.165, 1.54) is 32.5 Å². The lowest BCUT2D eigenvalue weighted by Crippen LogP contribution is -2.34. The molecule has 0 radical (unpaired) electrons. The molecule has 0 spiro atoms. The highest BCUT2D eigenvalue weighted by atomic mass is 16.5. The minimum Gasteiger partial charge on any atom is -0.381 e. The van der Waals surface area contributed by atoms with Crippen molar-refractivity contribution in [3.8, 4) is 0 Å². The van der Waals surface area contributed by atoms with E-state index in [1.54, 1.807) is 0 Å². The Morgan fingerprint density at radius 3 is 2.14 bits per heavy atom. The number of hydrogen-bond donors (Lipinski definition) is 0. The van der Waals surface area contributed by atoms with Gasteiger partial charge in [0.05, 0.1) is 0 Å². The van der Waals surface area contributed by atoms with Crippen LogP contribution < -0.4 is 0 Å². The molecule has 0 aliphatic carbocycles. The van der Waals surface area contributed by atoms with Gasteiger partial charge in [-0.15, -0.1) is 0 Å². The molecule has 0 bridgehead atoms. The van der Waals surface area contributed by atoms with Crippen molar-refractivity contribution < 1.29 is 4.74 Å². The summed E-state index contributed by atoms with van der Waals surface area (Å²) in [5, 5.41) is 0. The maximum absolute atomic E-state index is 5.42. The Kier molecular flexibility index (Phi) is 9.42. The third-order valence-electron chi connectivity index (χ3n) is 2.71. The van der Waals surface area contributed by atoms with Gasteiger partial charge in [-0.1, -0.05) is 20.8 Å². The molecular weight excluding hydrogens is 174 g/mol. The van der Waals surface area contributed by atoms with Crippen LogP contribution in [-0.2, 0) is 4.74 Å². The van der Waals surface area contributed by atoms with Crippen molar-refractivity contribution in [3.05, 3.63) is 0 Å². The Morgan fingerprint density at radius 1 is 1.14 bits per heavy atom. The molecular formula is C12H27NO. The van der Waals surface area contributed by atoms with Gasteiger partial charge in [-0.3, -0.25) is 0 Å². The van der Waals surface area contributed by atoms with Gasteiger partial charge in [0.15, 0.2) is 0 Å². The van der Waals surface area contributed by atoms with Crippen LogP contribution in [0, 0.1) is 5.92 Å². The van der Waals surface area contributed by atoms with E-state index in [0.717, 1.165) is 19.1 Å². The summed E-state index contributed by atoms with van der Waals surface area (Å²) in [6.07, 6.45) is 2.65. The zero-order valence-corrected chi connectivity index (χ0v) is 10.4. The second-order valence-electron chi connectivity index (χ2n) is 3.54. The molecule has 0 N–H and O–H groups in total. The number of likely N-dealkylation sites (tertiary alicyclic amines) is 1. The SMILES string of the molecule is CC.CCOCC1CCN(CC)CC1. The molecule has 14 heavy (non-hydrogen) atoms. The summed E-state index contributed by atoms with van der Waals surface area (Å²) in [6.45, 7) is 13.9. The lowest BCUT2D eigenvalue weighted by atomic mass is 9.98. The first-order valence-electron chi connectivity index (χ1n) is 6.16. The maximum atomic E-state index is 5.42. The van der Waals surface area contributed by atoms with Crippen molar-refractivity contribution in [2.24, 2.45) is 5.92 Å². The van der Waals surface area contributed by atoms with Crippen LogP contribution in [0.2, 0.25) is 0 Å². The Hall–Kier alpha value is -0.0800. The first-order valence-corrected chi connectivity index (χ1v) is 6.16. The molecule has 0 aromatic heterocycles. The highest BCUT2D eigenvalue weighted by Gasteiger charge is 2.17. The molecule has 0 atom stereocenters. The largest absolute Gasteiger partial charge is 0.381 e. The Balaban J connectivity index is 0.000000791. The van der Waals surface area contributed by atoms with Gasteiger partial charge in [0, 0.05) is 13.2 Å². The number of piperidine rings is 1. The van der Waals surface area contributed by atoms with E-state index in [9.17, 15) is 0 Å². The number of rotatable bonds is 4. The van der Waals surface area contributed by atoms with Crippen LogP contribution in [0.4, 0.5) is 0 Å². The van der Waals surface area contributed by atoms with E-state index in [0.29, 0.717) is 0 Å². The van der Waals surface area contributed by atoms with Crippen molar-refractivity contribution in [3.63, 3.8) is 0 Å². The molecule has 0 aromatic carbocycles. The molecule has 2 nitrogen and oxygen atoms in total. The van der Waals surface area contributed by atoms with E-state index < -0.39 is 0 Å². The van der Waals surface area contributed by atoms with Crippen LogP contribution in [0.3, 0.4) is 0 Å². The lowest BCUT2D eigenvalue weighted by Gasteiger charge is -2.30. The molecule has 1 fully saturated rings. The van der Waals surface area contributed by atoms with E-state index >= 15 is 0 Å². The van der Waals surface area contributed by atoms with E-state index in [-0.39, 0.29) is 0 Å². The van der Waals surface area contributed by atoms with Crippen molar-refractivity contribution in [2.75, 3.05) is 32.8 Å².